The molecule has 1 aliphatic rings. The van der Waals surface area contributed by atoms with Gasteiger partial charge in [-0.25, -0.2) is 9.37 Å². The monoisotopic (exact) mass is 301 g/mol. The second-order valence-corrected chi connectivity index (χ2v) is 5.97. The Labute approximate surface area is 129 Å². The number of hydrogen-bond acceptors (Lipinski definition) is 3. The summed E-state index contributed by atoms with van der Waals surface area (Å²) in [5, 5.41) is 0. The first-order chi connectivity index (χ1) is 10.6. The first-order valence-corrected chi connectivity index (χ1v) is 7.65. The standard InChI is InChI=1S/C17H20FN3O/c1-12-9-16(22)20-17(19-12)14-3-2-8-21(11-14)10-13-4-6-15(18)7-5-13/h4-7,9,14H,2-3,8,10-11H2,1H3,(H,19,20,22)/t14-/m1/s1. The van der Waals surface area contributed by atoms with Crippen LogP contribution in [-0.4, -0.2) is 28.0 Å². The summed E-state index contributed by atoms with van der Waals surface area (Å²) in [4.78, 5) is 21.3. The van der Waals surface area contributed by atoms with Crippen LogP contribution in [0, 0.1) is 12.7 Å². The fraction of sp³-hybridized carbons (Fsp3) is 0.412. The highest BCUT2D eigenvalue weighted by atomic mass is 19.1. The van der Waals surface area contributed by atoms with E-state index in [9.17, 15) is 9.18 Å². The van der Waals surface area contributed by atoms with Gasteiger partial charge in [-0.15, -0.1) is 0 Å². The molecule has 0 aliphatic carbocycles. The third-order valence-electron chi connectivity index (χ3n) is 4.10. The van der Waals surface area contributed by atoms with Crippen LogP contribution in [0.25, 0.3) is 0 Å². The van der Waals surface area contributed by atoms with Gasteiger partial charge in [0, 0.05) is 30.8 Å². The van der Waals surface area contributed by atoms with Gasteiger partial charge in [-0.05, 0) is 44.0 Å². The quantitative estimate of drug-likeness (QED) is 0.948. The van der Waals surface area contributed by atoms with Crippen molar-refractivity contribution < 1.29 is 4.39 Å². The van der Waals surface area contributed by atoms with Crippen molar-refractivity contribution in [3.8, 4) is 0 Å². The van der Waals surface area contributed by atoms with E-state index in [1.54, 1.807) is 0 Å². The van der Waals surface area contributed by atoms with Crippen LogP contribution in [-0.2, 0) is 6.54 Å². The molecule has 2 aromatic rings. The summed E-state index contributed by atoms with van der Waals surface area (Å²) < 4.78 is 13.0. The molecule has 1 aromatic heterocycles. The van der Waals surface area contributed by atoms with Crippen LogP contribution in [0.15, 0.2) is 35.1 Å². The normalized spacial score (nSPS) is 19.3. The van der Waals surface area contributed by atoms with Crippen molar-refractivity contribution in [3.05, 3.63) is 63.6 Å². The Morgan fingerprint density at radius 1 is 1.36 bits per heavy atom. The molecule has 1 fully saturated rings. The van der Waals surface area contributed by atoms with Crippen LogP contribution in [0.3, 0.4) is 0 Å². The molecule has 4 nitrogen and oxygen atoms in total. The van der Waals surface area contributed by atoms with Gasteiger partial charge in [0.2, 0.25) is 0 Å². The van der Waals surface area contributed by atoms with E-state index in [0.29, 0.717) is 0 Å². The SMILES string of the molecule is Cc1cc(=O)[nH]c([C@@H]2CCCN(Cc3ccc(F)cc3)C2)n1. The lowest BCUT2D eigenvalue weighted by molar-refractivity contribution is 0.196. The summed E-state index contributed by atoms with van der Waals surface area (Å²) in [7, 11) is 0. The van der Waals surface area contributed by atoms with Crippen LogP contribution in [0.4, 0.5) is 4.39 Å². The Balaban J connectivity index is 1.71. The molecule has 0 bridgehead atoms. The number of piperidine rings is 1. The summed E-state index contributed by atoms with van der Waals surface area (Å²) in [5.74, 6) is 0.831. The summed E-state index contributed by atoms with van der Waals surface area (Å²) in [6.07, 6.45) is 2.11. The van der Waals surface area contributed by atoms with Crippen molar-refractivity contribution in [2.24, 2.45) is 0 Å². The Hall–Kier alpha value is -2.01. The third kappa shape index (κ3) is 3.60. The maximum absolute atomic E-state index is 13.0. The molecule has 0 amide bonds. The molecule has 1 aliphatic heterocycles. The minimum Gasteiger partial charge on any atom is -0.310 e. The number of benzene rings is 1. The highest BCUT2D eigenvalue weighted by Crippen LogP contribution is 2.25. The van der Waals surface area contributed by atoms with Gasteiger partial charge in [0.15, 0.2) is 0 Å². The van der Waals surface area contributed by atoms with Crippen molar-refractivity contribution in [2.45, 2.75) is 32.2 Å². The largest absolute Gasteiger partial charge is 0.310 e. The highest BCUT2D eigenvalue weighted by molar-refractivity contribution is 5.16. The molecular formula is C17H20FN3O. The van der Waals surface area contributed by atoms with Crippen molar-refractivity contribution >= 4 is 0 Å². The van der Waals surface area contributed by atoms with Gasteiger partial charge in [0.1, 0.15) is 11.6 Å². The minimum absolute atomic E-state index is 0.0850. The van der Waals surface area contributed by atoms with Gasteiger partial charge < -0.3 is 4.98 Å². The predicted octanol–water partition coefficient (Wildman–Crippen LogP) is 2.60. The summed E-state index contributed by atoms with van der Waals surface area (Å²) in [6, 6.07) is 8.16. The fourth-order valence-corrected chi connectivity index (χ4v) is 3.07. The number of nitrogens with one attached hydrogen (secondary N) is 1. The highest BCUT2D eigenvalue weighted by Gasteiger charge is 2.23. The average molecular weight is 301 g/mol. The number of rotatable bonds is 3. The number of hydrogen-bond donors (Lipinski definition) is 1. The lowest BCUT2D eigenvalue weighted by Crippen LogP contribution is -2.35. The van der Waals surface area contributed by atoms with Gasteiger partial charge >= 0.3 is 0 Å². The van der Waals surface area contributed by atoms with E-state index in [2.05, 4.69) is 14.9 Å². The first-order valence-electron chi connectivity index (χ1n) is 7.65. The molecule has 2 heterocycles. The lowest BCUT2D eigenvalue weighted by atomic mass is 9.96. The van der Waals surface area contributed by atoms with E-state index >= 15 is 0 Å². The number of aromatic nitrogens is 2. The summed E-state index contributed by atoms with van der Waals surface area (Å²) in [5.41, 5.74) is 1.78. The summed E-state index contributed by atoms with van der Waals surface area (Å²) in [6.45, 7) is 4.53. The second-order valence-electron chi connectivity index (χ2n) is 5.97. The van der Waals surface area contributed by atoms with Crippen molar-refractivity contribution in [1.29, 1.82) is 0 Å². The molecular weight excluding hydrogens is 281 g/mol. The molecule has 5 heteroatoms. The molecule has 3 rings (SSSR count). The molecule has 116 valence electrons. The molecule has 0 saturated carbocycles. The van der Waals surface area contributed by atoms with Gasteiger partial charge in [-0.1, -0.05) is 12.1 Å². The van der Waals surface area contributed by atoms with Crippen molar-refractivity contribution in [2.75, 3.05) is 13.1 Å². The maximum Gasteiger partial charge on any atom is 0.251 e. The van der Waals surface area contributed by atoms with Gasteiger partial charge in [0.05, 0.1) is 0 Å². The van der Waals surface area contributed by atoms with Crippen molar-refractivity contribution in [1.82, 2.24) is 14.9 Å². The number of aromatic amines is 1. The molecule has 1 aromatic carbocycles. The van der Waals surface area contributed by atoms with E-state index in [1.807, 2.05) is 19.1 Å². The Bertz CT molecular complexity index is 696. The summed E-state index contributed by atoms with van der Waals surface area (Å²) >= 11 is 0. The molecule has 1 saturated heterocycles. The zero-order chi connectivity index (χ0) is 15.5. The third-order valence-corrected chi connectivity index (χ3v) is 4.10. The number of aryl methyl sites for hydroxylation is 1. The molecule has 0 spiro atoms. The molecule has 22 heavy (non-hydrogen) atoms. The average Bonchev–Trinajstić information content (AvgIpc) is 2.49. The Morgan fingerprint density at radius 2 is 2.14 bits per heavy atom. The van der Waals surface area contributed by atoms with Crippen LogP contribution in [0.1, 0.15) is 35.8 Å². The number of likely N-dealkylation sites (tertiary alicyclic amines) is 1. The molecule has 1 atom stereocenters. The predicted molar refractivity (Wildman–Crippen MR) is 83.2 cm³/mol. The fourth-order valence-electron chi connectivity index (χ4n) is 3.07. The van der Waals surface area contributed by atoms with Crippen LogP contribution in [0.2, 0.25) is 0 Å². The zero-order valence-corrected chi connectivity index (χ0v) is 12.7. The first kappa shape index (κ1) is 14.9. The number of nitrogens with zero attached hydrogens (tertiary/aromatic N) is 2. The van der Waals surface area contributed by atoms with E-state index in [1.165, 1.54) is 18.2 Å². The topological polar surface area (TPSA) is 49.0 Å². The smallest absolute Gasteiger partial charge is 0.251 e. The minimum atomic E-state index is -0.207. The molecule has 0 radical (unpaired) electrons. The second kappa shape index (κ2) is 6.40. The Morgan fingerprint density at radius 3 is 2.86 bits per heavy atom. The maximum atomic E-state index is 13.0. The molecule has 1 N–H and O–H groups in total. The number of halogens is 1. The van der Waals surface area contributed by atoms with Crippen LogP contribution < -0.4 is 5.56 Å². The van der Waals surface area contributed by atoms with Crippen molar-refractivity contribution in [3.63, 3.8) is 0 Å². The van der Waals surface area contributed by atoms with Crippen LogP contribution >= 0.6 is 0 Å². The zero-order valence-electron chi connectivity index (χ0n) is 12.7. The van der Waals surface area contributed by atoms with Gasteiger partial charge in [0.25, 0.3) is 5.56 Å². The van der Waals surface area contributed by atoms with E-state index in [4.69, 9.17) is 0 Å². The number of H-pyrrole nitrogens is 1. The van der Waals surface area contributed by atoms with E-state index in [-0.39, 0.29) is 17.3 Å². The Kier molecular flexibility index (Phi) is 4.34. The van der Waals surface area contributed by atoms with Gasteiger partial charge in [-0.2, -0.15) is 0 Å². The molecule has 0 unspecified atom stereocenters. The lowest BCUT2D eigenvalue weighted by Gasteiger charge is -2.32. The van der Waals surface area contributed by atoms with Gasteiger partial charge in [-0.3, -0.25) is 9.69 Å². The van der Waals surface area contributed by atoms with E-state index in [0.717, 1.165) is 49.6 Å². The van der Waals surface area contributed by atoms with Crippen LogP contribution in [0.5, 0.6) is 0 Å². The van der Waals surface area contributed by atoms with E-state index < -0.39 is 0 Å².